The van der Waals surface area contributed by atoms with E-state index in [0.29, 0.717) is 0 Å². The van der Waals surface area contributed by atoms with Crippen molar-refractivity contribution in [3.63, 3.8) is 0 Å². The summed E-state index contributed by atoms with van der Waals surface area (Å²) in [6, 6.07) is 8.53. The number of rotatable bonds is 4. The molecule has 2 heteroatoms. The molecule has 0 aliphatic carbocycles. The lowest BCUT2D eigenvalue weighted by Gasteiger charge is -2.14. The number of hydrogen-bond donors (Lipinski definition) is 1. The minimum atomic E-state index is 0.107. The van der Waals surface area contributed by atoms with E-state index in [1.165, 1.54) is 37.1 Å². The van der Waals surface area contributed by atoms with Gasteiger partial charge in [0.05, 0.1) is 6.61 Å². The zero-order valence-electron chi connectivity index (χ0n) is 9.60. The summed E-state index contributed by atoms with van der Waals surface area (Å²) < 4.78 is 0. The van der Waals surface area contributed by atoms with Crippen LogP contribution in [0.5, 0.6) is 0 Å². The average molecular weight is 217 g/mol. The highest BCUT2D eigenvalue weighted by Gasteiger charge is 2.11. The van der Waals surface area contributed by atoms with Crippen molar-refractivity contribution in [2.45, 2.75) is 19.4 Å². The number of nitrogens with zero attached hydrogens (tertiary/aromatic N) is 1. The molecule has 1 aromatic carbocycles. The Balaban J connectivity index is 2.00. The minimum Gasteiger partial charge on any atom is -0.392 e. The highest BCUT2D eigenvalue weighted by atomic mass is 16.2. The predicted octanol–water partition coefficient (Wildman–Crippen LogP) is 2.29. The molecule has 1 fully saturated rings. The third kappa shape index (κ3) is 3.19. The lowest BCUT2D eigenvalue weighted by molar-refractivity contribution is 0.331. The molecule has 1 N–H and O–H groups in total. The van der Waals surface area contributed by atoms with Crippen LogP contribution in [0.3, 0.4) is 0 Å². The highest BCUT2D eigenvalue weighted by Crippen LogP contribution is 2.14. The standard InChI is InChI=1S/C14H19NO/c16-10-4-7-13-5-3-6-14(11-13)12-15-8-1-2-9-15/h3-7,11,16H,1-2,8-10,12H2. The van der Waals surface area contributed by atoms with E-state index in [0.717, 1.165) is 6.54 Å². The number of benzene rings is 1. The van der Waals surface area contributed by atoms with Gasteiger partial charge < -0.3 is 5.11 Å². The number of likely N-dealkylation sites (tertiary alicyclic amines) is 1. The second kappa shape index (κ2) is 5.83. The Bertz CT molecular complexity index is 354. The molecule has 1 heterocycles. The molecule has 0 aromatic heterocycles. The van der Waals surface area contributed by atoms with Crippen molar-refractivity contribution in [2.24, 2.45) is 0 Å². The van der Waals surface area contributed by atoms with E-state index < -0.39 is 0 Å². The second-order valence-electron chi connectivity index (χ2n) is 4.31. The normalized spacial score (nSPS) is 17.3. The van der Waals surface area contributed by atoms with Crippen molar-refractivity contribution in [3.8, 4) is 0 Å². The van der Waals surface area contributed by atoms with E-state index in [1.54, 1.807) is 6.08 Å². The molecule has 0 radical (unpaired) electrons. The van der Waals surface area contributed by atoms with E-state index in [4.69, 9.17) is 5.11 Å². The van der Waals surface area contributed by atoms with E-state index in [-0.39, 0.29) is 6.61 Å². The Morgan fingerprint density at radius 1 is 1.25 bits per heavy atom. The Labute approximate surface area is 97.2 Å². The fraction of sp³-hybridized carbons (Fsp3) is 0.429. The Morgan fingerprint density at radius 2 is 2.06 bits per heavy atom. The molecule has 0 bridgehead atoms. The molecule has 1 aromatic rings. The largest absolute Gasteiger partial charge is 0.392 e. The van der Waals surface area contributed by atoms with Gasteiger partial charge in [-0.25, -0.2) is 0 Å². The number of hydrogen-bond acceptors (Lipinski definition) is 2. The van der Waals surface area contributed by atoms with Crippen LogP contribution < -0.4 is 0 Å². The van der Waals surface area contributed by atoms with Crippen molar-refractivity contribution < 1.29 is 5.11 Å². The molecule has 0 atom stereocenters. The topological polar surface area (TPSA) is 23.5 Å². The van der Waals surface area contributed by atoms with Gasteiger partial charge in [0, 0.05) is 6.54 Å². The van der Waals surface area contributed by atoms with E-state index in [9.17, 15) is 0 Å². The summed E-state index contributed by atoms with van der Waals surface area (Å²) in [4.78, 5) is 2.49. The molecule has 1 aliphatic heterocycles. The van der Waals surface area contributed by atoms with E-state index in [1.807, 2.05) is 6.08 Å². The molecular formula is C14H19NO. The number of aliphatic hydroxyl groups is 1. The summed E-state index contributed by atoms with van der Waals surface area (Å²) >= 11 is 0. The van der Waals surface area contributed by atoms with Crippen LogP contribution in [0, 0.1) is 0 Å². The third-order valence-corrected chi connectivity index (χ3v) is 2.97. The van der Waals surface area contributed by atoms with Gasteiger partial charge in [0.1, 0.15) is 0 Å². The first-order valence-corrected chi connectivity index (χ1v) is 5.97. The summed E-state index contributed by atoms with van der Waals surface area (Å²) in [6.45, 7) is 3.63. The van der Waals surface area contributed by atoms with Gasteiger partial charge in [-0.3, -0.25) is 4.90 Å². The van der Waals surface area contributed by atoms with Crippen LogP contribution >= 0.6 is 0 Å². The van der Waals surface area contributed by atoms with Crippen LogP contribution in [0.15, 0.2) is 30.3 Å². The van der Waals surface area contributed by atoms with E-state index >= 15 is 0 Å². The van der Waals surface area contributed by atoms with Gasteiger partial charge >= 0.3 is 0 Å². The van der Waals surface area contributed by atoms with Crippen LogP contribution in [0.4, 0.5) is 0 Å². The predicted molar refractivity (Wildman–Crippen MR) is 67.1 cm³/mol. The monoisotopic (exact) mass is 217 g/mol. The molecule has 86 valence electrons. The summed E-state index contributed by atoms with van der Waals surface area (Å²) in [7, 11) is 0. The van der Waals surface area contributed by atoms with Crippen molar-refractivity contribution in [3.05, 3.63) is 41.5 Å². The van der Waals surface area contributed by atoms with Gasteiger partial charge in [0.15, 0.2) is 0 Å². The zero-order valence-corrected chi connectivity index (χ0v) is 9.60. The van der Waals surface area contributed by atoms with Crippen LogP contribution in [0.2, 0.25) is 0 Å². The number of aliphatic hydroxyl groups excluding tert-OH is 1. The fourth-order valence-corrected chi connectivity index (χ4v) is 2.18. The zero-order chi connectivity index (χ0) is 11.2. The molecule has 2 nitrogen and oxygen atoms in total. The quantitative estimate of drug-likeness (QED) is 0.836. The summed E-state index contributed by atoms with van der Waals surface area (Å²) in [5.41, 5.74) is 2.53. The SMILES string of the molecule is OCC=Cc1cccc(CN2CCCC2)c1. The maximum absolute atomic E-state index is 8.73. The first kappa shape index (κ1) is 11.4. The summed E-state index contributed by atoms with van der Waals surface area (Å²) in [6.07, 6.45) is 6.41. The maximum Gasteiger partial charge on any atom is 0.0615 e. The molecule has 0 amide bonds. The Morgan fingerprint density at radius 3 is 2.81 bits per heavy atom. The second-order valence-corrected chi connectivity index (χ2v) is 4.31. The molecule has 0 unspecified atom stereocenters. The van der Waals surface area contributed by atoms with Crippen molar-refractivity contribution in [1.82, 2.24) is 4.90 Å². The minimum absolute atomic E-state index is 0.107. The van der Waals surface area contributed by atoms with Gasteiger partial charge in [0.25, 0.3) is 0 Å². The molecule has 1 saturated heterocycles. The van der Waals surface area contributed by atoms with Gasteiger partial charge in [-0.1, -0.05) is 36.4 Å². The molecule has 1 aliphatic rings. The molecule has 2 rings (SSSR count). The van der Waals surface area contributed by atoms with Gasteiger partial charge in [-0.05, 0) is 37.1 Å². The highest BCUT2D eigenvalue weighted by molar-refractivity contribution is 5.50. The fourth-order valence-electron chi connectivity index (χ4n) is 2.18. The first-order chi connectivity index (χ1) is 7.88. The van der Waals surface area contributed by atoms with E-state index in [2.05, 4.69) is 29.2 Å². The lowest BCUT2D eigenvalue weighted by Crippen LogP contribution is -2.18. The Kier molecular flexibility index (Phi) is 4.14. The summed E-state index contributed by atoms with van der Waals surface area (Å²) in [5.74, 6) is 0. The van der Waals surface area contributed by atoms with Crippen molar-refractivity contribution in [2.75, 3.05) is 19.7 Å². The molecule has 0 saturated carbocycles. The van der Waals surface area contributed by atoms with Gasteiger partial charge in [-0.15, -0.1) is 0 Å². The smallest absolute Gasteiger partial charge is 0.0615 e. The van der Waals surface area contributed by atoms with Gasteiger partial charge in [-0.2, -0.15) is 0 Å². The molecule has 16 heavy (non-hydrogen) atoms. The van der Waals surface area contributed by atoms with Crippen LogP contribution in [0.1, 0.15) is 24.0 Å². The van der Waals surface area contributed by atoms with Crippen molar-refractivity contribution >= 4 is 6.08 Å². The third-order valence-electron chi connectivity index (χ3n) is 2.97. The molecular weight excluding hydrogens is 198 g/mol. The van der Waals surface area contributed by atoms with Crippen molar-refractivity contribution in [1.29, 1.82) is 0 Å². The summed E-state index contributed by atoms with van der Waals surface area (Å²) in [5, 5.41) is 8.73. The van der Waals surface area contributed by atoms with Crippen LogP contribution in [-0.4, -0.2) is 29.7 Å². The van der Waals surface area contributed by atoms with Crippen LogP contribution in [-0.2, 0) is 6.54 Å². The van der Waals surface area contributed by atoms with Crippen LogP contribution in [0.25, 0.3) is 6.08 Å². The lowest BCUT2D eigenvalue weighted by atomic mass is 10.1. The maximum atomic E-state index is 8.73. The van der Waals surface area contributed by atoms with Gasteiger partial charge in [0.2, 0.25) is 0 Å². The average Bonchev–Trinajstić information content (AvgIpc) is 2.80. The molecule has 0 spiro atoms. The Hall–Kier alpha value is -1.12. The first-order valence-electron chi connectivity index (χ1n) is 5.97.